The Kier molecular flexibility index (Phi) is 10.6. The van der Waals surface area contributed by atoms with E-state index in [4.69, 9.17) is 10.2 Å². The van der Waals surface area contributed by atoms with E-state index in [9.17, 15) is 43.5 Å². The number of aliphatic hydroxyl groups is 1. The van der Waals surface area contributed by atoms with Gasteiger partial charge >= 0.3 is 11.9 Å². The molecule has 2 rings (SSSR count). The minimum atomic E-state index is -1.58. The number of fused-ring (bicyclic) bond motifs is 1. The summed E-state index contributed by atoms with van der Waals surface area (Å²) in [7, 11) is 0. The molecule has 0 fully saturated rings. The van der Waals surface area contributed by atoms with Crippen molar-refractivity contribution in [2.75, 3.05) is 29.5 Å². The van der Waals surface area contributed by atoms with Crippen LogP contribution >= 0.6 is 0 Å². The quantitative estimate of drug-likeness (QED) is 0.143. The monoisotopic (exact) mass is 549 g/mol. The number of rotatable bonds is 12. The molecule has 0 bridgehead atoms. The smallest absolute Gasteiger partial charge is 0.305 e. The molecule has 1 aromatic rings. The highest BCUT2D eigenvalue weighted by atomic mass is 16.4. The summed E-state index contributed by atoms with van der Waals surface area (Å²) in [6.45, 7) is -1.23. The molecule has 0 aromatic heterocycles. The summed E-state index contributed by atoms with van der Waals surface area (Å²) in [5.74, 6) is -7.32. The Morgan fingerprint density at radius 3 is 2.18 bits per heavy atom. The molecule has 1 aliphatic rings. The minimum Gasteiger partial charge on any atom is -0.481 e. The lowest BCUT2D eigenvalue weighted by Crippen LogP contribution is -2.58. The zero-order valence-corrected chi connectivity index (χ0v) is 20.7. The predicted molar refractivity (Wildman–Crippen MR) is 130 cm³/mol. The van der Waals surface area contributed by atoms with Crippen molar-refractivity contribution in [1.29, 1.82) is 0 Å². The van der Waals surface area contributed by atoms with Crippen LogP contribution in [0, 0.1) is 0 Å². The molecule has 1 aromatic carbocycles. The van der Waals surface area contributed by atoms with Crippen molar-refractivity contribution in [3.05, 3.63) is 24.3 Å². The number of amides is 5. The van der Waals surface area contributed by atoms with Crippen LogP contribution in [0.1, 0.15) is 19.8 Å². The SMILES string of the molecule is CC(=O)N[C@@H](CC(=O)O)C(=O)N[C@H]1CN(C(=O)CO)c2ccccc2N(CC(=O)N[C@H](C=O)CC(=O)O)C1=O. The van der Waals surface area contributed by atoms with Gasteiger partial charge in [-0.1, -0.05) is 12.1 Å². The van der Waals surface area contributed by atoms with E-state index < -0.39 is 92.1 Å². The number of carboxylic acids is 2. The van der Waals surface area contributed by atoms with Gasteiger partial charge in [-0.3, -0.25) is 38.5 Å². The van der Waals surface area contributed by atoms with Crippen molar-refractivity contribution in [2.45, 2.75) is 37.9 Å². The number of hydrogen-bond donors (Lipinski definition) is 6. The van der Waals surface area contributed by atoms with Crippen molar-refractivity contribution < 1.29 is 53.7 Å². The summed E-state index contributed by atoms with van der Waals surface area (Å²) in [5, 5.41) is 34.1. The van der Waals surface area contributed by atoms with Gasteiger partial charge in [0, 0.05) is 6.92 Å². The number of benzene rings is 1. The molecule has 0 saturated carbocycles. The van der Waals surface area contributed by atoms with Crippen LogP contribution in [0.15, 0.2) is 24.3 Å². The Hall–Kier alpha value is -4.86. The molecule has 6 N–H and O–H groups in total. The van der Waals surface area contributed by atoms with Crippen LogP contribution < -0.4 is 25.8 Å². The highest BCUT2D eigenvalue weighted by Gasteiger charge is 2.38. The third-order valence-electron chi connectivity index (χ3n) is 5.43. The van der Waals surface area contributed by atoms with Gasteiger partial charge in [0.25, 0.3) is 11.8 Å². The van der Waals surface area contributed by atoms with Gasteiger partial charge < -0.3 is 41.0 Å². The fraction of sp³-hybridized carbons (Fsp3) is 0.391. The Balaban J connectivity index is 2.47. The van der Waals surface area contributed by atoms with E-state index >= 15 is 0 Å². The number of aldehydes is 1. The molecule has 0 aliphatic carbocycles. The van der Waals surface area contributed by atoms with Gasteiger partial charge in [0.1, 0.15) is 31.5 Å². The van der Waals surface area contributed by atoms with E-state index in [2.05, 4.69) is 16.0 Å². The molecule has 16 nitrogen and oxygen atoms in total. The maximum atomic E-state index is 13.6. The molecule has 3 atom stereocenters. The number of carbonyl (C=O) groups is 8. The van der Waals surface area contributed by atoms with Gasteiger partial charge in [-0.25, -0.2) is 0 Å². The van der Waals surface area contributed by atoms with Gasteiger partial charge in [0.05, 0.1) is 36.8 Å². The van der Waals surface area contributed by atoms with Crippen LogP contribution in [0.25, 0.3) is 0 Å². The molecule has 0 spiro atoms. The average Bonchev–Trinajstić information content (AvgIpc) is 2.97. The minimum absolute atomic E-state index is 0.0148. The Morgan fingerprint density at radius 1 is 1.03 bits per heavy atom. The fourth-order valence-electron chi connectivity index (χ4n) is 3.80. The summed E-state index contributed by atoms with van der Waals surface area (Å²) in [6.07, 6.45) is -1.33. The maximum Gasteiger partial charge on any atom is 0.305 e. The summed E-state index contributed by atoms with van der Waals surface area (Å²) in [5.41, 5.74) is 0.0944. The standard InChI is InChI=1S/C23H27N5O11/c1-12(31)24-14(7-21(36)37)22(38)26-15-8-27(19(33)11-30)16-4-2-3-5-17(16)28(23(15)39)9-18(32)25-13(10-29)6-20(34)35/h2-5,10,13-15,30H,6-9,11H2,1H3,(H,24,31)(H,25,32)(H,26,38)(H,34,35)(H,36,37)/t13-,14-,15-/m0/s1. The normalized spacial score (nSPS) is 16.2. The summed E-state index contributed by atoms with van der Waals surface area (Å²) in [6, 6.07) is 1.21. The summed E-state index contributed by atoms with van der Waals surface area (Å²) < 4.78 is 0. The van der Waals surface area contributed by atoms with Crippen molar-refractivity contribution in [1.82, 2.24) is 16.0 Å². The van der Waals surface area contributed by atoms with E-state index in [0.29, 0.717) is 0 Å². The fourth-order valence-corrected chi connectivity index (χ4v) is 3.80. The molecule has 16 heteroatoms. The molecule has 0 saturated heterocycles. The van der Waals surface area contributed by atoms with Gasteiger partial charge in [-0.05, 0) is 12.1 Å². The van der Waals surface area contributed by atoms with Crippen molar-refractivity contribution in [3.63, 3.8) is 0 Å². The summed E-state index contributed by atoms with van der Waals surface area (Å²) >= 11 is 0. The second-order valence-corrected chi connectivity index (χ2v) is 8.40. The largest absolute Gasteiger partial charge is 0.481 e. The zero-order valence-electron chi connectivity index (χ0n) is 20.7. The summed E-state index contributed by atoms with van der Waals surface area (Å²) in [4.78, 5) is 98.4. The van der Waals surface area contributed by atoms with Crippen LogP contribution in [0.5, 0.6) is 0 Å². The third kappa shape index (κ3) is 8.32. The molecule has 5 amide bonds. The zero-order chi connectivity index (χ0) is 29.3. The van der Waals surface area contributed by atoms with E-state index in [-0.39, 0.29) is 17.7 Å². The average molecular weight is 549 g/mol. The van der Waals surface area contributed by atoms with Gasteiger partial charge in [0.15, 0.2) is 0 Å². The first-order valence-electron chi connectivity index (χ1n) is 11.4. The first kappa shape index (κ1) is 30.4. The lowest BCUT2D eigenvalue weighted by Gasteiger charge is -2.26. The first-order valence-corrected chi connectivity index (χ1v) is 11.4. The highest BCUT2D eigenvalue weighted by Crippen LogP contribution is 2.32. The second kappa shape index (κ2) is 13.6. The molecule has 0 unspecified atom stereocenters. The lowest BCUT2D eigenvalue weighted by molar-refractivity contribution is -0.141. The van der Waals surface area contributed by atoms with E-state index in [1.807, 2.05) is 0 Å². The lowest BCUT2D eigenvalue weighted by atomic mass is 10.1. The Bertz CT molecular complexity index is 1150. The molecule has 1 aliphatic heterocycles. The Labute approximate surface area is 220 Å². The van der Waals surface area contributed by atoms with Gasteiger partial charge in [-0.15, -0.1) is 0 Å². The second-order valence-electron chi connectivity index (χ2n) is 8.40. The molecular formula is C23H27N5O11. The number of carboxylic acid groups (broad SMARTS) is 2. The van der Waals surface area contributed by atoms with Gasteiger partial charge in [0.2, 0.25) is 17.7 Å². The number of carbonyl (C=O) groups excluding carboxylic acids is 6. The number of aliphatic hydroxyl groups excluding tert-OH is 1. The predicted octanol–water partition coefficient (Wildman–Crippen LogP) is -3.02. The van der Waals surface area contributed by atoms with E-state index in [1.54, 1.807) is 0 Å². The van der Waals surface area contributed by atoms with Crippen LogP contribution in [-0.4, -0.2) is 101 Å². The van der Waals surface area contributed by atoms with Crippen molar-refractivity contribution in [2.24, 2.45) is 0 Å². The van der Waals surface area contributed by atoms with E-state index in [0.717, 1.165) is 16.7 Å². The molecule has 0 radical (unpaired) electrons. The van der Waals surface area contributed by atoms with Crippen molar-refractivity contribution in [3.8, 4) is 0 Å². The number of nitrogens with zero attached hydrogens (tertiary/aromatic N) is 2. The molecule has 1 heterocycles. The number of hydrogen-bond acceptors (Lipinski definition) is 9. The molecule has 39 heavy (non-hydrogen) atoms. The number of anilines is 2. The first-order chi connectivity index (χ1) is 18.4. The van der Waals surface area contributed by atoms with Crippen LogP contribution in [-0.2, 0) is 38.4 Å². The molecule has 210 valence electrons. The topological polar surface area (TPSA) is 240 Å². The number of aliphatic carboxylic acids is 2. The van der Waals surface area contributed by atoms with Crippen molar-refractivity contribution >= 4 is 59.1 Å². The number of para-hydroxylation sites is 2. The third-order valence-corrected chi connectivity index (χ3v) is 5.43. The Morgan fingerprint density at radius 2 is 1.64 bits per heavy atom. The van der Waals surface area contributed by atoms with E-state index in [1.165, 1.54) is 24.3 Å². The maximum absolute atomic E-state index is 13.6. The molecular weight excluding hydrogens is 522 g/mol. The van der Waals surface area contributed by atoms with Crippen LogP contribution in [0.3, 0.4) is 0 Å². The highest BCUT2D eigenvalue weighted by molar-refractivity contribution is 6.10. The van der Waals surface area contributed by atoms with Crippen LogP contribution in [0.2, 0.25) is 0 Å². The van der Waals surface area contributed by atoms with Crippen LogP contribution in [0.4, 0.5) is 11.4 Å². The van der Waals surface area contributed by atoms with Gasteiger partial charge in [-0.2, -0.15) is 0 Å². The number of nitrogens with one attached hydrogen (secondary N) is 3.